The van der Waals surface area contributed by atoms with Gasteiger partial charge < -0.3 is 10.2 Å². The zero-order chi connectivity index (χ0) is 13.3. The van der Waals surface area contributed by atoms with Crippen LogP contribution in [0, 0.1) is 5.41 Å². The van der Waals surface area contributed by atoms with Gasteiger partial charge in [0.1, 0.15) is 0 Å². The number of aliphatic hydroxyl groups excluding tert-OH is 1. The molecule has 0 aromatic heterocycles. The minimum absolute atomic E-state index is 0.0461. The van der Waals surface area contributed by atoms with Crippen molar-refractivity contribution >= 4 is 0 Å². The summed E-state index contributed by atoms with van der Waals surface area (Å²) in [5, 5.41) is 19.7. The Hall–Kier alpha value is -0.860. The summed E-state index contributed by atoms with van der Waals surface area (Å²) in [5.74, 6) is 0. The Morgan fingerprint density at radius 1 is 1.47 bits per heavy atom. The lowest BCUT2D eigenvalue weighted by atomic mass is 9.71. The summed E-state index contributed by atoms with van der Waals surface area (Å²) >= 11 is 0. The molecule has 0 saturated carbocycles. The Morgan fingerprint density at radius 3 is 2.53 bits per heavy atom. The quantitative estimate of drug-likeness (QED) is 0.740. The fourth-order valence-electron chi connectivity index (χ4n) is 2.50. The van der Waals surface area contributed by atoms with E-state index in [0.717, 1.165) is 12.8 Å². The van der Waals surface area contributed by atoms with Crippen molar-refractivity contribution in [2.45, 2.75) is 52.2 Å². The molecule has 1 rings (SSSR count). The fraction of sp³-hybridized carbons (Fsp3) is 0.600. The van der Waals surface area contributed by atoms with E-state index in [1.807, 2.05) is 13.0 Å². The molecule has 2 N–H and O–H groups in total. The standard InChI is InChI=1S/C15H24O2/c1-6-15(5,17)8-7-13-11(2)9-12(16)10-14(13,3)4/h6-8,12,16-17H,1,9-10H2,2-5H3/b8-7+/t12-,15?/m0/s1. The third kappa shape index (κ3) is 3.55. The summed E-state index contributed by atoms with van der Waals surface area (Å²) < 4.78 is 0. The molecule has 1 aliphatic carbocycles. The maximum absolute atomic E-state index is 9.89. The third-order valence-corrected chi connectivity index (χ3v) is 3.48. The molecule has 2 heteroatoms. The molecule has 2 atom stereocenters. The van der Waals surface area contributed by atoms with Crippen molar-refractivity contribution in [2.24, 2.45) is 5.41 Å². The maximum Gasteiger partial charge on any atom is 0.0981 e. The van der Waals surface area contributed by atoms with Crippen LogP contribution in [0.15, 0.2) is 36.0 Å². The zero-order valence-electron chi connectivity index (χ0n) is 11.3. The summed E-state index contributed by atoms with van der Waals surface area (Å²) in [7, 11) is 0. The largest absolute Gasteiger partial charge is 0.393 e. The van der Waals surface area contributed by atoms with Gasteiger partial charge in [0.25, 0.3) is 0 Å². The molecule has 1 unspecified atom stereocenters. The van der Waals surface area contributed by atoms with Crippen LogP contribution in [0.1, 0.15) is 40.5 Å². The van der Waals surface area contributed by atoms with Gasteiger partial charge in [-0.1, -0.05) is 38.2 Å². The highest BCUT2D eigenvalue weighted by Crippen LogP contribution is 2.41. The van der Waals surface area contributed by atoms with Crippen LogP contribution in [0.5, 0.6) is 0 Å². The average molecular weight is 236 g/mol. The third-order valence-electron chi connectivity index (χ3n) is 3.48. The van der Waals surface area contributed by atoms with Gasteiger partial charge in [0.05, 0.1) is 11.7 Å². The Morgan fingerprint density at radius 2 is 2.06 bits per heavy atom. The molecule has 0 aromatic carbocycles. The highest BCUT2D eigenvalue weighted by Gasteiger charge is 2.31. The predicted octanol–water partition coefficient (Wildman–Crippen LogP) is 2.98. The molecule has 0 bridgehead atoms. The lowest BCUT2D eigenvalue weighted by molar-refractivity contribution is 0.116. The van der Waals surface area contributed by atoms with Gasteiger partial charge in [-0.2, -0.15) is 0 Å². The number of allylic oxidation sites excluding steroid dienone is 2. The topological polar surface area (TPSA) is 40.5 Å². The van der Waals surface area contributed by atoms with Crippen LogP contribution in [-0.4, -0.2) is 21.9 Å². The molecule has 2 nitrogen and oxygen atoms in total. The minimum atomic E-state index is -0.973. The van der Waals surface area contributed by atoms with Crippen molar-refractivity contribution in [2.75, 3.05) is 0 Å². The van der Waals surface area contributed by atoms with Crippen molar-refractivity contribution in [1.82, 2.24) is 0 Å². The first-order chi connectivity index (χ1) is 7.68. The first-order valence-electron chi connectivity index (χ1n) is 6.11. The van der Waals surface area contributed by atoms with E-state index in [4.69, 9.17) is 0 Å². The molecule has 0 saturated heterocycles. The van der Waals surface area contributed by atoms with Crippen LogP contribution in [0.3, 0.4) is 0 Å². The first kappa shape index (κ1) is 14.2. The normalized spacial score (nSPS) is 28.2. The zero-order valence-corrected chi connectivity index (χ0v) is 11.3. The molecule has 0 heterocycles. The lowest BCUT2D eigenvalue weighted by Gasteiger charge is -2.36. The second kappa shape index (κ2) is 4.79. The molecular weight excluding hydrogens is 212 g/mol. The number of aliphatic hydroxyl groups is 2. The Kier molecular flexibility index (Phi) is 4.00. The van der Waals surface area contributed by atoms with E-state index < -0.39 is 5.60 Å². The fourth-order valence-corrected chi connectivity index (χ4v) is 2.50. The van der Waals surface area contributed by atoms with Crippen LogP contribution in [0.4, 0.5) is 0 Å². The van der Waals surface area contributed by atoms with Gasteiger partial charge >= 0.3 is 0 Å². The molecule has 1 aliphatic rings. The van der Waals surface area contributed by atoms with Crippen LogP contribution in [-0.2, 0) is 0 Å². The van der Waals surface area contributed by atoms with E-state index in [1.165, 1.54) is 17.2 Å². The van der Waals surface area contributed by atoms with E-state index in [0.29, 0.717) is 0 Å². The number of hydrogen-bond donors (Lipinski definition) is 2. The van der Waals surface area contributed by atoms with Gasteiger partial charge in [-0.3, -0.25) is 0 Å². The van der Waals surface area contributed by atoms with Crippen LogP contribution < -0.4 is 0 Å². The summed E-state index contributed by atoms with van der Waals surface area (Å²) in [6, 6.07) is 0. The van der Waals surface area contributed by atoms with Crippen molar-refractivity contribution in [3.05, 3.63) is 36.0 Å². The van der Waals surface area contributed by atoms with Crippen LogP contribution in [0.2, 0.25) is 0 Å². The molecule has 17 heavy (non-hydrogen) atoms. The van der Waals surface area contributed by atoms with E-state index >= 15 is 0 Å². The van der Waals surface area contributed by atoms with Crippen molar-refractivity contribution in [3.63, 3.8) is 0 Å². The van der Waals surface area contributed by atoms with Crippen molar-refractivity contribution in [3.8, 4) is 0 Å². The molecule has 0 spiro atoms. The highest BCUT2D eigenvalue weighted by atomic mass is 16.3. The Bertz CT molecular complexity index is 359. The Labute approximate surface area is 104 Å². The van der Waals surface area contributed by atoms with E-state index in [2.05, 4.69) is 20.4 Å². The maximum atomic E-state index is 9.89. The van der Waals surface area contributed by atoms with Crippen LogP contribution in [0.25, 0.3) is 0 Å². The van der Waals surface area contributed by atoms with Gasteiger partial charge in [0.15, 0.2) is 0 Å². The Balaban J connectivity index is 3.03. The second-order valence-electron chi connectivity index (χ2n) is 5.90. The molecule has 0 amide bonds. The van der Waals surface area contributed by atoms with Crippen molar-refractivity contribution in [1.29, 1.82) is 0 Å². The van der Waals surface area contributed by atoms with Gasteiger partial charge in [0.2, 0.25) is 0 Å². The monoisotopic (exact) mass is 236 g/mol. The summed E-state index contributed by atoms with van der Waals surface area (Å²) in [4.78, 5) is 0. The number of hydrogen-bond acceptors (Lipinski definition) is 2. The molecule has 0 radical (unpaired) electrons. The minimum Gasteiger partial charge on any atom is -0.393 e. The van der Waals surface area contributed by atoms with Crippen LogP contribution >= 0.6 is 0 Å². The SMILES string of the molecule is C=CC(C)(O)/C=C/C1=C(C)C[C@H](O)CC1(C)C. The predicted molar refractivity (Wildman–Crippen MR) is 71.7 cm³/mol. The average Bonchev–Trinajstić information content (AvgIpc) is 2.14. The number of rotatable bonds is 3. The summed E-state index contributed by atoms with van der Waals surface area (Å²) in [6.45, 7) is 11.6. The van der Waals surface area contributed by atoms with Gasteiger partial charge in [-0.25, -0.2) is 0 Å². The van der Waals surface area contributed by atoms with Gasteiger partial charge in [-0.15, -0.1) is 0 Å². The summed E-state index contributed by atoms with van der Waals surface area (Å²) in [5.41, 5.74) is 1.39. The van der Waals surface area contributed by atoms with E-state index in [-0.39, 0.29) is 11.5 Å². The van der Waals surface area contributed by atoms with E-state index in [9.17, 15) is 10.2 Å². The van der Waals surface area contributed by atoms with Crippen molar-refractivity contribution < 1.29 is 10.2 Å². The second-order valence-corrected chi connectivity index (χ2v) is 5.90. The van der Waals surface area contributed by atoms with Gasteiger partial charge in [-0.05, 0) is 43.8 Å². The smallest absolute Gasteiger partial charge is 0.0981 e. The van der Waals surface area contributed by atoms with E-state index in [1.54, 1.807) is 13.0 Å². The molecule has 0 aromatic rings. The highest BCUT2D eigenvalue weighted by molar-refractivity contribution is 5.35. The molecule has 0 fully saturated rings. The molecule has 96 valence electrons. The van der Waals surface area contributed by atoms with Gasteiger partial charge in [0, 0.05) is 0 Å². The first-order valence-corrected chi connectivity index (χ1v) is 6.11. The molecule has 0 aliphatic heterocycles. The summed E-state index contributed by atoms with van der Waals surface area (Å²) in [6.07, 6.45) is 6.49. The molecular formula is C15H24O2. The lowest BCUT2D eigenvalue weighted by Crippen LogP contribution is -2.28.